The van der Waals surface area contributed by atoms with Gasteiger partial charge in [0, 0.05) is 24.6 Å². The Balaban J connectivity index is 3.87. The fourth-order valence-electron chi connectivity index (χ4n) is 1.84. The van der Waals surface area contributed by atoms with E-state index in [0.29, 0.717) is 43.6 Å². The standard InChI is InChI=1S/C18H29NO5/c1-13(2)17(21)23-11-9-7-8-10-16(20)19(6)12-15(5)24-18(22)14(3)4/h15H,1,3,7-12H2,2,4-6H3. The molecule has 6 heteroatoms. The van der Waals surface area contributed by atoms with Gasteiger partial charge in [0.25, 0.3) is 0 Å². The minimum Gasteiger partial charge on any atom is -0.462 e. The first-order chi connectivity index (χ1) is 11.1. The van der Waals surface area contributed by atoms with Crippen LogP contribution in [0.4, 0.5) is 0 Å². The summed E-state index contributed by atoms with van der Waals surface area (Å²) >= 11 is 0. The summed E-state index contributed by atoms with van der Waals surface area (Å²) in [6.07, 6.45) is 2.25. The summed E-state index contributed by atoms with van der Waals surface area (Å²) in [7, 11) is 1.68. The Labute approximate surface area is 144 Å². The van der Waals surface area contributed by atoms with Gasteiger partial charge in [-0.3, -0.25) is 4.79 Å². The first kappa shape index (κ1) is 21.9. The lowest BCUT2D eigenvalue weighted by atomic mass is 10.2. The Morgan fingerprint density at radius 2 is 1.58 bits per heavy atom. The third kappa shape index (κ3) is 9.82. The maximum absolute atomic E-state index is 12.0. The number of hydrogen-bond donors (Lipinski definition) is 0. The molecule has 0 N–H and O–H groups in total. The van der Waals surface area contributed by atoms with Crippen molar-refractivity contribution in [2.24, 2.45) is 0 Å². The molecule has 0 aliphatic rings. The zero-order valence-electron chi connectivity index (χ0n) is 15.2. The van der Waals surface area contributed by atoms with Crippen molar-refractivity contribution < 1.29 is 23.9 Å². The van der Waals surface area contributed by atoms with Crippen LogP contribution in [-0.2, 0) is 23.9 Å². The van der Waals surface area contributed by atoms with Gasteiger partial charge in [-0.25, -0.2) is 9.59 Å². The fourth-order valence-corrected chi connectivity index (χ4v) is 1.84. The molecule has 0 radical (unpaired) electrons. The number of carbonyl (C=O) groups is 3. The van der Waals surface area contributed by atoms with E-state index >= 15 is 0 Å². The monoisotopic (exact) mass is 339 g/mol. The molecule has 0 saturated heterocycles. The van der Waals surface area contributed by atoms with Gasteiger partial charge < -0.3 is 14.4 Å². The fraction of sp³-hybridized carbons (Fsp3) is 0.611. The predicted octanol–water partition coefficient (Wildman–Crippen LogP) is 2.63. The van der Waals surface area contributed by atoms with Crippen LogP contribution in [0.2, 0.25) is 0 Å². The third-order valence-electron chi connectivity index (χ3n) is 3.23. The summed E-state index contributed by atoms with van der Waals surface area (Å²) in [5, 5.41) is 0. The smallest absolute Gasteiger partial charge is 0.333 e. The number of ether oxygens (including phenoxy) is 2. The van der Waals surface area contributed by atoms with E-state index in [1.165, 1.54) is 0 Å². The number of unbranched alkanes of at least 4 members (excludes halogenated alkanes) is 2. The van der Waals surface area contributed by atoms with Crippen LogP contribution in [0.25, 0.3) is 0 Å². The summed E-state index contributed by atoms with van der Waals surface area (Å²) in [5.41, 5.74) is 0.719. The predicted molar refractivity (Wildman–Crippen MR) is 92.2 cm³/mol. The number of rotatable bonds is 11. The van der Waals surface area contributed by atoms with Crippen molar-refractivity contribution in [3.8, 4) is 0 Å². The molecule has 0 aromatic rings. The van der Waals surface area contributed by atoms with Crippen molar-refractivity contribution in [2.45, 2.75) is 52.6 Å². The number of carbonyl (C=O) groups excluding carboxylic acids is 3. The van der Waals surface area contributed by atoms with E-state index in [1.807, 2.05) is 0 Å². The van der Waals surface area contributed by atoms with E-state index in [1.54, 1.807) is 32.7 Å². The summed E-state index contributed by atoms with van der Waals surface area (Å²) in [6.45, 7) is 12.6. The van der Waals surface area contributed by atoms with Crippen molar-refractivity contribution in [3.63, 3.8) is 0 Å². The van der Waals surface area contributed by atoms with Crippen LogP contribution in [0, 0.1) is 0 Å². The summed E-state index contributed by atoms with van der Waals surface area (Å²) < 4.78 is 10.1. The average Bonchev–Trinajstić information content (AvgIpc) is 2.49. The zero-order valence-corrected chi connectivity index (χ0v) is 15.2. The van der Waals surface area contributed by atoms with E-state index in [9.17, 15) is 14.4 Å². The van der Waals surface area contributed by atoms with E-state index in [0.717, 1.165) is 6.42 Å². The van der Waals surface area contributed by atoms with Crippen LogP contribution in [0.3, 0.4) is 0 Å². The van der Waals surface area contributed by atoms with E-state index < -0.39 is 5.97 Å². The maximum atomic E-state index is 12.0. The Kier molecular flexibility index (Phi) is 10.4. The molecule has 0 aliphatic heterocycles. The Morgan fingerprint density at radius 1 is 1.00 bits per heavy atom. The highest BCUT2D eigenvalue weighted by atomic mass is 16.5. The van der Waals surface area contributed by atoms with E-state index in [2.05, 4.69) is 13.2 Å². The van der Waals surface area contributed by atoms with E-state index in [-0.39, 0.29) is 18.0 Å². The highest BCUT2D eigenvalue weighted by Gasteiger charge is 2.15. The molecule has 0 saturated carbocycles. The highest BCUT2D eigenvalue weighted by molar-refractivity contribution is 5.87. The second-order valence-electron chi connectivity index (χ2n) is 6.00. The number of hydrogen-bond acceptors (Lipinski definition) is 5. The minimum absolute atomic E-state index is 0.00726. The van der Waals surface area contributed by atoms with Gasteiger partial charge >= 0.3 is 11.9 Å². The van der Waals surface area contributed by atoms with Crippen molar-refractivity contribution in [1.82, 2.24) is 4.90 Å². The molecule has 6 nitrogen and oxygen atoms in total. The van der Waals surface area contributed by atoms with E-state index in [4.69, 9.17) is 9.47 Å². The molecule has 24 heavy (non-hydrogen) atoms. The molecule has 1 atom stereocenters. The molecular weight excluding hydrogens is 310 g/mol. The van der Waals surface area contributed by atoms with Crippen LogP contribution in [0.15, 0.2) is 24.3 Å². The van der Waals surface area contributed by atoms with Gasteiger partial charge in [0.2, 0.25) is 5.91 Å². The van der Waals surface area contributed by atoms with Crippen molar-refractivity contribution in [2.75, 3.05) is 20.2 Å². The van der Waals surface area contributed by atoms with Gasteiger partial charge in [-0.1, -0.05) is 13.2 Å². The van der Waals surface area contributed by atoms with Gasteiger partial charge in [0.15, 0.2) is 0 Å². The molecule has 0 rings (SSSR count). The van der Waals surface area contributed by atoms with Crippen LogP contribution in [0.1, 0.15) is 46.5 Å². The number of amides is 1. The normalized spacial score (nSPS) is 11.3. The SMILES string of the molecule is C=C(C)C(=O)OCCCCCC(=O)N(C)CC(C)OC(=O)C(=C)C. The lowest BCUT2D eigenvalue weighted by Gasteiger charge is -2.22. The zero-order chi connectivity index (χ0) is 18.7. The Hall–Kier alpha value is -2.11. The molecule has 0 heterocycles. The molecule has 1 amide bonds. The first-order valence-electron chi connectivity index (χ1n) is 8.08. The topological polar surface area (TPSA) is 72.9 Å². The van der Waals surface area contributed by atoms with Crippen LogP contribution in [-0.4, -0.2) is 49.0 Å². The van der Waals surface area contributed by atoms with Crippen molar-refractivity contribution in [1.29, 1.82) is 0 Å². The van der Waals surface area contributed by atoms with Gasteiger partial charge in [-0.2, -0.15) is 0 Å². The lowest BCUT2D eigenvalue weighted by molar-refractivity contribution is -0.146. The molecule has 0 aromatic carbocycles. The van der Waals surface area contributed by atoms with Crippen molar-refractivity contribution >= 4 is 17.8 Å². The van der Waals surface area contributed by atoms with Gasteiger partial charge in [0.1, 0.15) is 6.10 Å². The van der Waals surface area contributed by atoms with Crippen LogP contribution < -0.4 is 0 Å². The summed E-state index contributed by atoms with van der Waals surface area (Å²) in [6, 6.07) is 0. The summed E-state index contributed by atoms with van der Waals surface area (Å²) in [5.74, 6) is -0.844. The Bertz CT molecular complexity index is 484. The first-order valence-corrected chi connectivity index (χ1v) is 8.08. The summed E-state index contributed by atoms with van der Waals surface area (Å²) in [4.78, 5) is 36.1. The molecule has 0 aromatic heterocycles. The largest absolute Gasteiger partial charge is 0.462 e. The van der Waals surface area contributed by atoms with Gasteiger partial charge in [-0.15, -0.1) is 0 Å². The quantitative estimate of drug-likeness (QED) is 0.329. The molecular formula is C18H29NO5. The molecule has 0 spiro atoms. The average molecular weight is 339 g/mol. The molecule has 0 bridgehead atoms. The molecule has 1 unspecified atom stereocenters. The van der Waals surface area contributed by atoms with Crippen LogP contribution >= 0.6 is 0 Å². The third-order valence-corrected chi connectivity index (χ3v) is 3.23. The van der Waals surface area contributed by atoms with Gasteiger partial charge in [0.05, 0.1) is 13.2 Å². The molecule has 0 fully saturated rings. The number of esters is 2. The van der Waals surface area contributed by atoms with Gasteiger partial charge in [-0.05, 0) is 40.0 Å². The second kappa shape index (κ2) is 11.4. The second-order valence-corrected chi connectivity index (χ2v) is 6.00. The maximum Gasteiger partial charge on any atom is 0.333 e. The molecule has 0 aliphatic carbocycles. The highest BCUT2D eigenvalue weighted by Crippen LogP contribution is 2.06. The lowest BCUT2D eigenvalue weighted by Crippen LogP contribution is -2.35. The van der Waals surface area contributed by atoms with Crippen molar-refractivity contribution in [3.05, 3.63) is 24.3 Å². The van der Waals surface area contributed by atoms with Crippen LogP contribution in [0.5, 0.6) is 0 Å². The minimum atomic E-state index is -0.451. The number of likely N-dealkylation sites (N-methyl/N-ethyl adjacent to an activating group) is 1. The Morgan fingerprint density at radius 3 is 2.12 bits per heavy atom. The number of nitrogens with zero attached hydrogens (tertiary/aromatic N) is 1. The molecule has 136 valence electrons.